The Hall–Kier alpha value is -1.63. The zero-order valence-electron chi connectivity index (χ0n) is 16.3. The Bertz CT molecular complexity index is 935. The third-order valence-electron chi connectivity index (χ3n) is 6.02. The summed E-state index contributed by atoms with van der Waals surface area (Å²) in [6, 6.07) is 10.6. The van der Waals surface area contributed by atoms with Crippen molar-refractivity contribution in [3.8, 4) is 0 Å². The Morgan fingerprint density at radius 2 is 1.59 bits per heavy atom. The van der Waals surface area contributed by atoms with Gasteiger partial charge < -0.3 is 4.42 Å². The fourth-order valence-corrected chi connectivity index (χ4v) is 6.44. The molecular weight excluding hydrogens is 360 g/mol. The molecule has 2 atom stereocenters. The van der Waals surface area contributed by atoms with Crippen LogP contribution in [-0.2, 0) is 22.9 Å². The maximum Gasteiger partial charge on any atom is 0.153 e. The van der Waals surface area contributed by atoms with E-state index >= 15 is 0 Å². The molecule has 2 aromatic rings. The lowest BCUT2D eigenvalue weighted by molar-refractivity contribution is 0.0316. The van der Waals surface area contributed by atoms with Crippen LogP contribution in [0, 0.1) is 20.8 Å². The van der Waals surface area contributed by atoms with Crippen molar-refractivity contribution in [2.45, 2.75) is 45.9 Å². The van der Waals surface area contributed by atoms with Crippen molar-refractivity contribution in [3.05, 3.63) is 58.5 Å². The monoisotopic (exact) mass is 388 g/mol. The van der Waals surface area contributed by atoms with Crippen molar-refractivity contribution >= 4 is 9.84 Å². The average molecular weight is 389 g/mol. The summed E-state index contributed by atoms with van der Waals surface area (Å²) in [5.41, 5.74) is 3.84. The zero-order valence-corrected chi connectivity index (χ0v) is 17.1. The lowest BCUT2D eigenvalue weighted by atomic mass is 10.0. The Morgan fingerprint density at radius 3 is 2.19 bits per heavy atom. The van der Waals surface area contributed by atoms with Crippen LogP contribution in [0.2, 0.25) is 0 Å². The molecule has 2 saturated heterocycles. The average Bonchev–Trinajstić information content (AvgIpc) is 3.15. The zero-order chi connectivity index (χ0) is 19.2. The van der Waals surface area contributed by atoms with Crippen molar-refractivity contribution in [3.63, 3.8) is 0 Å². The Kier molecular flexibility index (Phi) is 4.91. The first kappa shape index (κ1) is 18.7. The third-order valence-corrected chi connectivity index (χ3v) is 7.72. The minimum absolute atomic E-state index is 0.0423. The number of rotatable bonds is 4. The molecule has 4 rings (SSSR count). The van der Waals surface area contributed by atoms with Gasteiger partial charge in [0.2, 0.25) is 0 Å². The topological polar surface area (TPSA) is 53.8 Å². The van der Waals surface area contributed by atoms with Crippen LogP contribution in [0.5, 0.6) is 0 Å². The van der Waals surface area contributed by atoms with Gasteiger partial charge in [-0.1, -0.05) is 18.2 Å². The number of hydrogen-bond acceptors (Lipinski definition) is 5. The molecule has 2 aliphatic rings. The molecule has 1 aromatic carbocycles. The number of aryl methyl sites for hydroxylation is 3. The molecule has 6 heteroatoms. The van der Waals surface area contributed by atoms with Crippen LogP contribution in [0.3, 0.4) is 0 Å². The fraction of sp³-hybridized carbons (Fsp3) is 0.524. The first-order chi connectivity index (χ1) is 12.8. The summed E-state index contributed by atoms with van der Waals surface area (Å²) in [4.78, 5) is 4.66. The summed E-state index contributed by atoms with van der Waals surface area (Å²) < 4.78 is 30.6. The van der Waals surface area contributed by atoms with E-state index in [1.165, 1.54) is 16.7 Å². The van der Waals surface area contributed by atoms with Crippen LogP contribution in [0.25, 0.3) is 0 Å². The molecule has 2 unspecified atom stereocenters. The normalized spacial score (nSPS) is 25.6. The van der Waals surface area contributed by atoms with Gasteiger partial charge in [0.05, 0.1) is 18.1 Å². The van der Waals surface area contributed by atoms with E-state index in [4.69, 9.17) is 4.42 Å². The van der Waals surface area contributed by atoms with Gasteiger partial charge in [-0.2, -0.15) is 0 Å². The molecule has 3 heterocycles. The second-order valence-corrected chi connectivity index (χ2v) is 10.2. The van der Waals surface area contributed by atoms with Gasteiger partial charge in [0.15, 0.2) is 9.84 Å². The molecule has 0 aliphatic carbocycles. The molecule has 0 radical (unpaired) electrons. The summed E-state index contributed by atoms with van der Waals surface area (Å²) >= 11 is 0. The number of piperazine rings is 1. The summed E-state index contributed by atoms with van der Waals surface area (Å²) in [6.07, 6.45) is 0. The van der Waals surface area contributed by atoms with Gasteiger partial charge >= 0.3 is 0 Å². The maximum absolute atomic E-state index is 12.4. The summed E-state index contributed by atoms with van der Waals surface area (Å²) in [6.45, 7) is 9.42. The van der Waals surface area contributed by atoms with Gasteiger partial charge in [-0.05, 0) is 49.6 Å². The van der Waals surface area contributed by atoms with E-state index in [0.29, 0.717) is 6.54 Å². The predicted octanol–water partition coefficient (Wildman–Crippen LogP) is 2.69. The highest BCUT2D eigenvalue weighted by Crippen LogP contribution is 2.29. The van der Waals surface area contributed by atoms with Crippen LogP contribution in [0.15, 0.2) is 34.7 Å². The molecule has 2 fully saturated rings. The van der Waals surface area contributed by atoms with Crippen LogP contribution >= 0.6 is 0 Å². The van der Waals surface area contributed by atoms with E-state index in [2.05, 4.69) is 41.8 Å². The summed E-state index contributed by atoms with van der Waals surface area (Å²) in [5, 5.41) is 0. The van der Waals surface area contributed by atoms with Gasteiger partial charge in [0.1, 0.15) is 11.5 Å². The van der Waals surface area contributed by atoms with Crippen LogP contribution in [0.1, 0.15) is 28.2 Å². The van der Waals surface area contributed by atoms with Crippen molar-refractivity contribution < 1.29 is 12.8 Å². The van der Waals surface area contributed by atoms with Crippen molar-refractivity contribution in [2.75, 3.05) is 24.6 Å². The van der Waals surface area contributed by atoms with Crippen molar-refractivity contribution in [1.29, 1.82) is 0 Å². The molecule has 5 nitrogen and oxygen atoms in total. The molecule has 0 bridgehead atoms. The summed E-state index contributed by atoms with van der Waals surface area (Å²) in [5.74, 6) is 2.32. The van der Waals surface area contributed by atoms with E-state index < -0.39 is 9.84 Å². The van der Waals surface area contributed by atoms with Crippen LogP contribution in [0.4, 0.5) is 0 Å². The molecule has 2 aliphatic heterocycles. The molecule has 0 spiro atoms. The minimum Gasteiger partial charge on any atom is -0.465 e. The smallest absolute Gasteiger partial charge is 0.153 e. The van der Waals surface area contributed by atoms with Crippen molar-refractivity contribution in [1.82, 2.24) is 9.80 Å². The number of hydrogen-bond donors (Lipinski definition) is 0. The first-order valence-corrected chi connectivity index (χ1v) is 11.4. The van der Waals surface area contributed by atoms with E-state index in [1.807, 2.05) is 19.1 Å². The third kappa shape index (κ3) is 3.98. The lowest BCUT2D eigenvalue weighted by Crippen LogP contribution is -2.58. The second-order valence-electron chi connectivity index (χ2n) is 8.08. The van der Waals surface area contributed by atoms with Gasteiger partial charge in [-0.25, -0.2) is 8.42 Å². The van der Waals surface area contributed by atoms with Gasteiger partial charge in [0.25, 0.3) is 0 Å². The van der Waals surface area contributed by atoms with Crippen LogP contribution in [-0.4, -0.2) is 54.9 Å². The first-order valence-electron chi connectivity index (χ1n) is 9.61. The fourth-order valence-electron chi connectivity index (χ4n) is 4.40. The quantitative estimate of drug-likeness (QED) is 0.806. The number of furan rings is 1. The van der Waals surface area contributed by atoms with Gasteiger partial charge in [-0.15, -0.1) is 0 Å². The SMILES string of the molecule is Cc1ccc(CN2CCN(Cc3ccc(C)c(C)c3)C3CS(=O)(=O)CC32)o1. The molecule has 0 amide bonds. The van der Waals surface area contributed by atoms with E-state index in [1.54, 1.807) is 0 Å². The highest BCUT2D eigenvalue weighted by atomic mass is 32.2. The van der Waals surface area contributed by atoms with E-state index in [9.17, 15) is 8.42 Å². The Balaban J connectivity index is 1.53. The predicted molar refractivity (Wildman–Crippen MR) is 106 cm³/mol. The minimum atomic E-state index is -3.00. The Morgan fingerprint density at radius 1 is 0.926 bits per heavy atom. The second kappa shape index (κ2) is 7.08. The lowest BCUT2D eigenvalue weighted by Gasteiger charge is -2.43. The molecule has 27 heavy (non-hydrogen) atoms. The Labute approximate surface area is 161 Å². The van der Waals surface area contributed by atoms with Crippen LogP contribution < -0.4 is 0 Å². The van der Waals surface area contributed by atoms with E-state index in [0.717, 1.165) is 31.2 Å². The standard InChI is InChI=1S/C21H28N2O3S/c1-15-4-6-18(10-16(15)2)11-22-8-9-23(12-19-7-5-17(3)26-19)21-14-27(24,25)13-20(21)22/h4-7,10,20-21H,8-9,11-14H2,1-3H3. The molecule has 0 N–H and O–H groups in total. The number of benzene rings is 1. The molecule has 1 aromatic heterocycles. The summed E-state index contributed by atoms with van der Waals surface area (Å²) in [7, 11) is -3.00. The maximum atomic E-state index is 12.4. The molecule has 146 valence electrons. The van der Waals surface area contributed by atoms with Crippen molar-refractivity contribution in [2.24, 2.45) is 0 Å². The number of fused-ring (bicyclic) bond motifs is 1. The van der Waals surface area contributed by atoms with Gasteiger partial charge in [0, 0.05) is 31.7 Å². The highest BCUT2D eigenvalue weighted by Gasteiger charge is 2.46. The largest absolute Gasteiger partial charge is 0.465 e. The number of sulfone groups is 1. The molecular formula is C21H28N2O3S. The molecule has 0 saturated carbocycles. The van der Waals surface area contributed by atoms with E-state index in [-0.39, 0.29) is 23.6 Å². The number of nitrogens with zero attached hydrogens (tertiary/aromatic N) is 2. The highest BCUT2D eigenvalue weighted by molar-refractivity contribution is 7.91. The van der Waals surface area contributed by atoms with Gasteiger partial charge in [-0.3, -0.25) is 9.80 Å².